The Balaban J connectivity index is 1.62. The summed E-state index contributed by atoms with van der Waals surface area (Å²) in [5.74, 6) is -2.32. The number of hydrogen-bond acceptors (Lipinski definition) is 5. The Bertz CT molecular complexity index is 1360. The minimum atomic E-state index is -1.17. The molecule has 2 aromatic carbocycles. The zero-order valence-electron chi connectivity index (χ0n) is 23.6. The van der Waals surface area contributed by atoms with E-state index in [0.717, 1.165) is 10.8 Å². The summed E-state index contributed by atoms with van der Waals surface area (Å²) in [6, 6.07) is 12.1. The van der Waals surface area contributed by atoms with E-state index in [-0.39, 0.29) is 30.9 Å². The molecule has 6 atom stereocenters. The third-order valence-corrected chi connectivity index (χ3v) is 9.26. The molecule has 0 aliphatic carbocycles. The Kier molecular flexibility index (Phi) is 7.35. The number of ether oxygens (including phenoxy) is 1. The van der Waals surface area contributed by atoms with Crippen LogP contribution in [0.15, 0.2) is 67.8 Å². The predicted octanol–water partition coefficient (Wildman–Crippen LogP) is 3.54. The second-order valence-electron chi connectivity index (χ2n) is 11.4. The van der Waals surface area contributed by atoms with Gasteiger partial charge in [-0.2, -0.15) is 0 Å². The first-order valence-corrected chi connectivity index (χ1v) is 14.1. The molecule has 1 spiro atoms. The number of benzene rings is 2. The average molecular weight is 546 g/mol. The molecule has 3 fully saturated rings. The monoisotopic (exact) mass is 545 g/mol. The van der Waals surface area contributed by atoms with Crippen molar-refractivity contribution >= 4 is 34.2 Å². The largest absolute Gasteiger partial charge is 0.394 e. The average Bonchev–Trinajstić information content (AvgIpc) is 3.58. The number of aliphatic hydroxyl groups excluding tert-OH is 1. The Hall–Kier alpha value is -3.49. The van der Waals surface area contributed by atoms with E-state index in [2.05, 4.69) is 13.2 Å². The summed E-state index contributed by atoms with van der Waals surface area (Å²) in [7, 11) is 1.70. The fourth-order valence-corrected chi connectivity index (χ4v) is 7.34. The molecule has 3 aliphatic heterocycles. The van der Waals surface area contributed by atoms with E-state index in [1.165, 1.54) is 4.90 Å². The van der Waals surface area contributed by atoms with Crippen LogP contribution >= 0.6 is 0 Å². The SMILES string of the molecule is C=CCN(C)C(=O)[C@H]1[C@H]2C(=O)N([C@H](C)CO)C(C(=O)N(CC=C)c3ccc4ccccc4c3)C23CC[C@]1(CC)O3. The number of carbonyl (C=O) groups is 3. The summed E-state index contributed by atoms with van der Waals surface area (Å²) in [5, 5.41) is 12.2. The molecule has 2 unspecified atom stereocenters. The number of nitrogens with zero attached hydrogens (tertiary/aromatic N) is 3. The molecule has 3 saturated heterocycles. The smallest absolute Gasteiger partial charge is 0.253 e. The molecule has 40 heavy (non-hydrogen) atoms. The Morgan fingerprint density at radius 2 is 1.82 bits per heavy atom. The van der Waals surface area contributed by atoms with Crippen molar-refractivity contribution < 1.29 is 24.2 Å². The number of likely N-dealkylation sites (N-methyl/N-ethyl adjacent to an activating group) is 1. The summed E-state index contributed by atoms with van der Waals surface area (Å²) in [5.41, 5.74) is -1.31. The number of likely N-dealkylation sites (tertiary alicyclic amines) is 1. The molecule has 0 radical (unpaired) electrons. The van der Waals surface area contributed by atoms with Gasteiger partial charge in [0.25, 0.3) is 5.91 Å². The van der Waals surface area contributed by atoms with Gasteiger partial charge in [-0.3, -0.25) is 14.4 Å². The van der Waals surface area contributed by atoms with Crippen LogP contribution in [0.4, 0.5) is 5.69 Å². The third-order valence-electron chi connectivity index (χ3n) is 9.26. The molecule has 3 amide bonds. The number of amides is 3. The van der Waals surface area contributed by atoms with Crippen molar-refractivity contribution in [3.05, 3.63) is 67.8 Å². The zero-order valence-corrected chi connectivity index (χ0v) is 23.6. The van der Waals surface area contributed by atoms with E-state index in [1.54, 1.807) is 35.9 Å². The number of carbonyl (C=O) groups excluding carboxylic acids is 3. The first kappa shape index (κ1) is 28.1. The Morgan fingerprint density at radius 3 is 2.48 bits per heavy atom. The molecule has 3 heterocycles. The van der Waals surface area contributed by atoms with Crippen LogP contribution in [0.5, 0.6) is 0 Å². The van der Waals surface area contributed by atoms with E-state index < -0.39 is 35.1 Å². The maximum atomic E-state index is 14.7. The van der Waals surface area contributed by atoms with Gasteiger partial charge in [-0.05, 0) is 49.1 Å². The first-order valence-electron chi connectivity index (χ1n) is 14.1. The van der Waals surface area contributed by atoms with Crippen molar-refractivity contribution in [3.8, 4) is 0 Å². The van der Waals surface area contributed by atoms with Crippen LogP contribution in [0, 0.1) is 11.8 Å². The van der Waals surface area contributed by atoms with Crippen LogP contribution < -0.4 is 4.90 Å². The van der Waals surface area contributed by atoms with Crippen molar-refractivity contribution in [2.75, 3.05) is 31.6 Å². The number of fused-ring (bicyclic) bond motifs is 2. The van der Waals surface area contributed by atoms with Crippen molar-refractivity contribution in [2.45, 2.75) is 56.4 Å². The van der Waals surface area contributed by atoms with Gasteiger partial charge < -0.3 is 24.5 Å². The lowest BCUT2D eigenvalue weighted by Crippen LogP contribution is -2.58. The minimum absolute atomic E-state index is 0.177. The highest BCUT2D eigenvalue weighted by Crippen LogP contribution is 2.65. The summed E-state index contributed by atoms with van der Waals surface area (Å²) >= 11 is 0. The highest BCUT2D eigenvalue weighted by molar-refractivity contribution is 6.06. The summed E-state index contributed by atoms with van der Waals surface area (Å²) in [4.78, 5) is 47.5. The van der Waals surface area contributed by atoms with Crippen molar-refractivity contribution in [3.63, 3.8) is 0 Å². The molecule has 3 aliphatic rings. The van der Waals surface area contributed by atoms with Crippen molar-refractivity contribution in [2.24, 2.45) is 11.8 Å². The minimum Gasteiger partial charge on any atom is -0.394 e. The quantitative estimate of drug-likeness (QED) is 0.462. The Labute approximate surface area is 235 Å². The summed E-state index contributed by atoms with van der Waals surface area (Å²) < 4.78 is 6.86. The highest BCUT2D eigenvalue weighted by atomic mass is 16.5. The first-order chi connectivity index (χ1) is 19.2. The molecular formula is C32H39N3O5. The van der Waals surface area contributed by atoms with Gasteiger partial charge in [0.2, 0.25) is 11.8 Å². The van der Waals surface area contributed by atoms with Crippen LogP contribution in [0.25, 0.3) is 10.8 Å². The van der Waals surface area contributed by atoms with Crippen LogP contribution in [-0.2, 0) is 19.1 Å². The fraction of sp³-hybridized carbons (Fsp3) is 0.469. The standard InChI is InChI=1S/C32H39N3O5/c1-6-17-33(5)28(37)25-26-29(38)35(21(4)20-36)27(32(26)16-15-31(25,8-3)40-32)30(39)34(18-7-2)24-14-13-22-11-9-10-12-23(22)19-24/h6-7,9-14,19,21,25-27,36H,1-2,8,15-18,20H2,3-5H3/t21-,25-,26+,27?,31+,32?/m1/s1. The molecule has 0 aromatic heterocycles. The molecule has 0 saturated carbocycles. The molecular weight excluding hydrogens is 506 g/mol. The van der Waals surface area contributed by atoms with Gasteiger partial charge in [0.05, 0.1) is 30.1 Å². The van der Waals surface area contributed by atoms with Crippen molar-refractivity contribution in [1.82, 2.24) is 9.80 Å². The molecule has 1 N–H and O–H groups in total. The van der Waals surface area contributed by atoms with Gasteiger partial charge in [0.15, 0.2) is 0 Å². The molecule has 8 nitrogen and oxygen atoms in total. The van der Waals surface area contributed by atoms with Gasteiger partial charge in [-0.25, -0.2) is 0 Å². The van der Waals surface area contributed by atoms with E-state index in [0.29, 0.717) is 31.5 Å². The van der Waals surface area contributed by atoms with Crippen LogP contribution in [0.3, 0.4) is 0 Å². The molecule has 212 valence electrons. The number of anilines is 1. The van der Waals surface area contributed by atoms with E-state index in [9.17, 15) is 19.5 Å². The predicted molar refractivity (Wildman–Crippen MR) is 155 cm³/mol. The fourth-order valence-electron chi connectivity index (χ4n) is 7.34. The molecule has 2 bridgehead atoms. The van der Waals surface area contributed by atoms with E-state index >= 15 is 0 Å². The normalized spacial score (nSPS) is 29.4. The van der Waals surface area contributed by atoms with Gasteiger partial charge in [0, 0.05) is 25.8 Å². The number of hydrogen-bond donors (Lipinski definition) is 1. The second-order valence-corrected chi connectivity index (χ2v) is 11.4. The van der Waals surface area contributed by atoms with Gasteiger partial charge in [0.1, 0.15) is 11.6 Å². The lowest BCUT2D eigenvalue weighted by Gasteiger charge is -2.38. The molecule has 5 rings (SSSR count). The third kappa shape index (κ3) is 3.99. The van der Waals surface area contributed by atoms with Crippen LogP contribution in [0.2, 0.25) is 0 Å². The Morgan fingerprint density at radius 1 is 1.12 bits per heavy atom. The summed E-state index contributed by atoms with van der Waals surface area (Å²) in [6.45, 7) is 11.6. The highest BCUT2D eigenvalue weighted by Gasteiger charge is 2.79. The van der Waals surface area contributed by atoms with Crippen LogP contribution in [0.1, 0.15) is 33.1 Å². The second kappa shape index (κ2) is 10.5. The maximum Gasteiger partial charge on any atom is 0.253 e. The number of rotatable bonds is 10. The van der Waals surface area contributed by atoms with Crippen LogP contribution in [-0.4, -0.2) is 82.7 Å². The lowest BCUT2D eigenvalue weighted by atomic mass is 9.64. The molecule has 2 aromatic rings. The van der Waals surface area contributed by atoms with E-state index in [1.807, 2.05) is 49.4 Å². The van der Waals surface area contributed by atoms with E-state index in [4.69, 9.17) is 4.74 Å². The van der Waals surface area contributed by atoms with Gasteiger partial charge in [-0.15, -0.1) is 13.2 Å². The molecule has 8 heteroatoms. The van der Waals surface area contributed by atoms with Gasteiger partial charge >= 0.3 is 0 Å². The summed E-state index contributed by atoms with van der Waals surface area (Å²) in [6.07, 6.45) is 4.93. The zero-order chi connectivity index (χ0) is 28.8. The topological polar surface area (TPSA) is 90.4 Å². The lowest BCUT2D eigenvalue weighted by molar-refractivity contribution is -0.152. The van der Waals surface area contributed by atoms with Crippen molar-refractivity contribution in [1.29, 1.82) is 0 Å². The maximum absolute atomic E-state index is 14.7. The van der Waals surface area contributed by atoms with Gasteiger partial charge in [-0.1, -0.05) is 49.4 Å². The number of aliphatic hydroxyl groups is 1.